The Morgan fingerprint density at radius 3 is 2.59 bits per heavy atom. The summed E-state index contributed by atoms with van der Waals surface area (Å²) in [6.45, 7) is 0. The fraction of sp³-hybridized carbons (Fsp3) is 0.0667. The molecule has 0 radical (unpaired) electrons. The number of hydrazone groups is 1. The lowest BCUT2D eigenvalue weighted by Gasteiger charge is -2.04. The van der Waals surface area contributed by atoms with Crippen LogP contribution < -0.4 is 5.43 Å². The highest BCUT2D eigenvalue weighted by Crippen LogP contribution is 2.30. The minimum Gasteiger partial charge on any atom is -0.506 e. The second-order valence-electron chi connectivity index (χ2n) is 4.26. The Balaban J connectivity index is 2.08. The Hall–Kier alpha value is -1.86. The number of ether oxygens (including phenoxy) is 1. The van der Waals surface area contributed by atoms with Gasteiger partial charge in [0.25, 0.3) is 0 Å². The average molecular weight is 428 g/mol. The van der Waals surface area contributed by atoms with Gasteiger partial charge in [0.15, 0.2) is 0 Å². The Labute approximate surface area is 144 Å². The van der Waals surface area contributed by atoms with Gasteiger partial charge in [0.05, 0.1) is 29.0 Å². The Kier molecular flexibility index (Phi) is 5.57. The predicted octanol–water partition coefficient (Wildman–Crippen LogP) is 4.15. The van der Waals surface area contributed by atoms with E-state index in [4.69, 9.17) is 0 Å². The number of benzene rings is 2. The van der Waals surface area contributed by atoms with E-state index in [1.165, 1.54) is 13.3 Å². The van der Waals surface area contributed by atoms with Crippen LogP contribution in [0.25, 0.3) is 0 Å². The molecule has 0 fully saturated rings. The number of methoxy groups -OCH3 is 1. The molecule has 2 N–H and O–H groups in total. The van der Waals surface area contributed by atoms with Gasteiger partial charge in [0, 0.05) is 10.0 Å². The van der Waals surface area contributed by atoms with Gasteiger partial charge in [-0.05, 0) is 52.3 Å². The number of phenols is 1. The van der Waals surface area contributed by atoms with Gasteiger partial charge >= 0.3 is 5.97 Å². The smallest absolute Gasteiger partial charge is 0.337 e. The first-order valence-corrected chi connectivity index (χ1v) is 7.75. The van der Waals surface area contributed by atoms with Crippen molar-refractivity contribution >= 4 is 49.7 Å². The quantitative estimate of drug-likeness (QED) is 0.436. The molecule has 0 saturated carbocycles. The topological polar surface area (TPSA) is 70.9 Å². The second kappa shape index (κ2) is 7.42. The van der Waals surface area contributed by atoms with Crippen LogP contribution in [-0.4, -0.2) is 24.4 Å². The number of carbonyl (C=O) groups excluding carboxylic acids is 1. The summed E-state index contributed by atoms with van der Waals surface area (Å²) >= 11 is 6.60. The molecule has 2 aromatic rings. The first-order chi connectivity index (χ1) is 10.5. The number of phenolic OH excluding ortho intramolecular Hbond substituents is 1. The lowest BCUT2D eigenvalue weighted by Crippen LogP contribution is -2.00. The van der Waals surface area contributed by atoms with Crippen molar-refractivity contribution in [3.63, 3.8) is 0 Å². The molecule has 0 atom stereocenters. The third kappa shape index (κ3) is 4.08. The van der Waals surface area contributed by atoms with Crippen molar-refractivity contribution in [2.75, 3.05) is 12.5 Å². The molecule has 0 unspecified atom stereocenters. The molecule has 5 nitrogen and oxygen atoms in total. The number of halogens is 2. The summed E-state index contributed by atoms with van der Waals surface area (Å²) in [5.74, 6) is -0.284. The van der Waals surface area contributed by atoms with Gasteiger partial charge in [-0.25, -0.2) is 4.79 Å². The summed E-state index contributed by atoms with van der Waals surface area (Å²) in [5, 5.41) is 14.0. The van der Waals surface area contributed by atoms with Gasteiger partial charge in [-0.3, -0.25) is 5.43 Å². The maximum atomic E-state index is 11.3. The number of rotatable bonds is 4. The summed E-state index contributed by atoms with van der Waals surface area (Å²) in [5.41, 5.74) is 4.54. The Morgan fingerprint density at radius 2 is 1.95 bits per heavy atom. The molecule has 0 amide bonds. The normalized spacial score (nSPS) is 10.7. The first kappa shape index (κ1) is 16.5. The minimum absolute atomic E-state index is 0.106. The Bertz CT molecular complexity index is 715. The molecule has 2 rings (SSSR count). The lowest BCUT2D eigenvalue weighted by molar-refractivity contribution is 0.0601. The van der Waals surface area contributed by atoms with E-state index in [2.05, 4.69) is 47.1 Å². The van der Waals surface area contributed by atoms with Gasteiger partial charge in [-0.2, -0.15) is 5.10 Å². The maximum Gasteiger partial charge on any atom is 0.337 e. The lowest BCUT2D eigenvalue weighted by atomic mass is 10.2. The zero-order chi connectivity index (χ0) is 16.1. The molecule has 0 aliphatic heterocycles. The number of anilines is 1. The molecule has 0 aliphatic carbocycles. The van der Waals surface area contributed by atoms with E-state index in [9.17, 15) is 9.90 Å². The molecule has 7 heteroatoms. The number of nitrogens with zero attached hydrogens (tertiary/aromatic N) is 1. The van der Waals surface area contributed by atoms with Crippen molar-refractivity contribution in [1.29, 1.82) is 0 Å². The van der Waals surface area contributed by atoms with E-state index in [1.807, 2.05) is 0 Å². The van der Waals surface area contributed by atoms with E-state index >= 15 is 0 Å². The van der Waals surface area contributed by atoms with Gasteiger partial charge in [-0.15, -0.1) is 0 Å². The van der Waals surface area contributed by atoms with Crippen LogP contribution >= 0.6 is 31.9 Å². The third-order valence-corrected chi connectivity index (χ3v) is 3.82. The zero-order valence-corrected chi connectivity index (χ0v) is 14.7. The van der Waals surface area contributed by atoms with Crippen LogP contribution in [0.15, 0.2) is 50.4 Å². The number of hydrogen-bond donors (Lipinski definition) is 2. The highest BCUT2D eigenvalue weighted by atomic mass is 79.9. The summed E-state index contributed by atoms with van der Waals surface area (Å²) in [7, 11) is 1.33. The molecule has 2 aromatic carbocycles. The van der Waals surface area contributed by atoms with Crippen LogP contribution in [0.4, 0.5) is 5.69 Å². The van der Waals surface area contributed by atoms with Crippen molar-refractivity contribution in [3.05, 3.63) is 56.5 Å². The van der Waals surface area contributed by atoms with Gasteiger partial charge in [0.2, 0.25) is 0 Å². The van der Waals surface area contributed by atoms with Crippen LogP contribution in [0, 0.1) is 0 Å². The van der Waals surface area contributed by atoms with Crippen molar-refractivity contribution in [2.45, 2.75) is 0 Å². The zero-order valence-electron chi connectivity index (χ0n) is 11.5. The fourth-order valence-corrected chi connectivity index (χ4v) is 2.92. The molecule has 114 valence electrons. The Morgan fingerprint density at radius 1 is 1.27 bits per heavy atom. The molecule has 0 heterocycles. The average Bonchev–Trinajstić information content (AvgIpc) is 2.51. The van der Waals surface area contributed by atoms with Crippen LogP contribution in [0.5, 0.6) is 5.75 Å². The summed E-state index contributed by atoms with van der Waals surface area (Å²) < 4.78 is 6.02. The molecule has 0 spiro atoms. The van der Waals surface area contributed by atoms with E-state index < -0.39 is 0 Å². The molecule has 0 aliphatic rings. The minimum atomic E-state index is -0.390. The van der Waals surface area contributed by atoms with Crippen molar-refractivity contribution in [1.82, 2.24) is 0 Å². The van der Waals surface area contributed by atoms with Crippen molar-refractivity contribution in [2.24, 2.45) is 5.10 Å². The molecular formula is C15H12Br2N2O3. The van der Waals surface area contributed by atoms with Crippen LogP contribution in [0.1, 0.15) is 15.9 Å². The summed E-state index contributed by atoms with van der Waals surface area (Å²) in [6, 6.07) is 10.2. The number of carbonyl (C=O) groups is 1. The maximum absolute atomic E-state index is 11.3. The molecule has 0 bridgehead atoms. The number of nitrogens with one attached hydrogen (secondary N) is 1. The van der Waals surface area contributed by atoms with E-state index in [-0.39, 0.29) is 11.7 Å². The van der Waals surface area contributed by atoms with Gasteiger partial charge in [0.1, 0.15) is 5.75 Å². The number of esters is 1. The summed E-state index contributed by atoms with van der Waals surface area (Å²) in [6.07, 6.45) is 1.50. The predicted molar refractivity (Wildman–Crippen MR) is 92.5 cm³/mol. The molecular weight excluding hydrogens is 416 g/mol. The third-order valence-electron chi connectivity index (χ3n) is 2.76. The second-order valence-corrected chi connectivity index (χ2v) is 6.03. The monoisotopic (exact) mass is 426 g/mol. The number of aromatic hydroxyl groups is 1. The van der Waals surface area contributed by atoms with E-state index in [1.54, 1.807) is 36.4 Å². The van der Waals surface area contributed by atoms with Gasteiger partial charge in [-0.1, -0.05) is 15.9 Å². The SMILES string of the molecule is COC(=O)c1ccc(N/N=C/c2cc(Br)cc(Br)c2O)cc1. The van der Waals surface area contributed by atoms with Crippen LogP contribution in [-0.2, 0) is 4.74 Å². The summed E-state index contributed by atoms with van der Waals surface area (Å²) in [4.78, 5) is 11.3. The van der Waals surface area contributed by atoms with Crippen LogP contribution in [0.3, 0.4) is 0 Å². The highest BCUT2D eigenvalue weighted by molar-refractivity contribution is 9.11. The van der Waals surface area contributed by atoms with Gasteiger partial charge < -0.3 is 9.84 Å². The largest absolute Gasteiger partial charge is 0.506 e. The van der Waals surface area contributed by atoms with Crippen LogP contribution in [0.2, 0.25) is 0 Å². The van der Waals surface area contributed by atoms with Crippen molar-refractivity contribution < 1.29 is 14.6 Å². The standard InChI is InChI=1S/C15H12Br2N2O3/c1-22-15(21)9-2-4-12(5-3-9)19-18-8-10-6-11(16)7-13(17)14(10)20/h2-8,19-20H,1H3/b18-8+. The van der Waals surface area contributed by atoms with E-state index in [0.717, 1.165) is 4.47 Å². The van der Waals surface area contributed by atoms with E-state index in [0.29, 0.717) is 21.3 Å². The number of hydrogen-bond acceptors (Lipinski definition) is 5. The van der Waals surface area contributed by atoms with Crippen molar-refractivity contribution in [3.8, 4) is 5.75 Å². The molecule has 22 heavy (non-hydrogen) atoms. The highest BCUT2D eigenvalue weighted by Gasteiger charge is 2.06. The fourth-order valence-electron chi connectivity index (χ4n) is 1.66. The molecule has 0 saturated heterocycles. The molecule has 0 aromatic heterocycles. The first-order valence-electron chi connectivity index (χ1n) is 6.16.